The van der Waals surface area contributed by atoms with Crippen LogP contribution in [0.15, 0.2) is 65.8 Å². The van der Waals surface area contributed by atoms with Crippen LogP contribution in [0.1, 0.15) is 46.5 Å². The van der Waals surface area contributed by atoms with Crippen molar-refractivity contribution < 1.29 is 23.8 Å². The zero-order valence-corrected chi connectivity index (χ0v) is 20.7. The lowest BCUT2D eigenvalue weighted by molar-refractivity contribution is 0.0728. The van der Waals surface area contributed by atoms with Crippen molar-refractivity contribution in [1.29, 1.82) is 0 Å². The molecule has 0 atom stereocenters. The fourth-order valence-electron chi connectivity index (χ4n) is 2.89. The Balaban J connectivity index is 1.67. The van der Waals surface area contributed by atoms with Gasteiger partial charge in [0.05, 0.1) is 35.0 Å². The number of hydrogen-bond acceptors (Lipinski definition) is 6. The molecule has 35 heavy (non-hydrogen) atoms. The topological polar surface area (TPSA) is 86.2 Å². The van der Waals surface area contributed by atoms with Crippen LogP contribution in [-0.4, -0.2) is 31.3 Å². The zero-order chi connectivity index (χ0) is 25.2. The van der Waals surface area contributed by atoms with Crippen molar-refractivity contribution in [3.05, 3.63) is 87.4 Å². The Kier molecular flexibility index (Phi) is 9.52. The van der Waals surface area contributed by atoms with Crippen molar-refractivity contribution in [1.82, 2.24) is 5.43 Å². The van der Waals surface area contributed by atoms with Gasteiger partial charge in [-0.15, -0.1) is 0 Å². The highest BCUT2D eigenvalue weighted by atomic mass is 35.5. The fraction of sp³-hybridized carbons (Fsp3) is 0.192. The van der Waals surface area contributed by atoms with E-state index in [4.69, 9.17) is 37.4 Å². The number of esters is 1. The monoisotopic (exact) mass is 514 g/mol. The van der Waals surface area contributed by atoms with Gasteiger partial charge < -0.3 is 14.2 Å². The summed E-state index contributed by atoms with van der Waals surface area (Å²) in [5, 5.41) is 4.59. The smallest absolute Gasteiger partial charge is 0.343 e. The zero-order valence-electron chi connectivity index (χ0n) is 19.2. The normalized spacial score (nSPS) is 10.7. The van der Waals surface area contributed by atoms with E-state index in [9.17, 15) is 9.59 Å². The Bertz CT molecular complexity index is 1210. The van der Waals surface area contributed by atoms with Crippen molar-refractivity contribution >= 4 is 41.3 Å². The highest BCUT2D eigenvalue weighted by molar-refractivity contribution is 6.42. The van der Waals surface area contributed by atoms with E-state index in [0.717, 1.165) is 6.42 Å². The van der Waals surface area contributed by atoms with Crippen LogP contribution in [0.4, 0.5) is 0 Å². The summed E-state index contributed by atoms with van der Waals surface area (Å²) < 4.78 is 16.7. The second kappa shape index (κ2) is 12.8. The molecule has 0 bridgehead atoms. The molecule has 3 aromatic rings. The molecule has 0 aliphatic carbocycles. The molecule has 9 heteroatoms. The van der Waals surface area contributed by atoms with E-state index in [1.807, 2.05) is 13.8 Å². The first kappa shape index (κ1) is 26.1. The second-order valence-corrected chi connectivity index (χ2v) is 8.04. The Hall–Kier alpha value is -3.55. The van der Waals surface area contributed by atoms with Gasteiger partial charge in [-0.05, 0) is 79.6 Å². The van der Waals surface area contributed by atoms with Crippen molar-refractivity contribution in [2.24, 2.45) is 5.10 Å². The first-order valence-corrected chi connectivity index (χ1v) is 11.7. The molecular formula is C26H24Cl2N2O5. The summed E-state index contributed by atoms with van der Waals surface area (Å²) in [5.74, 6) is 0.349. The van der Waals surface area contributed by atoms with Gasteiger partial charge in [0.2, 0.25) is 0 Å². The molecule has 7 nitrogen and oxygen atoms in total. The number of hydrogen-bond donors (Lipinski definition) is 1. The van der Waals surface area contributed by atoms with E-state index in [0.29, 0.717) is 46.4 Å². The molecule has 0 fully saturated rings. The van der Waals surface area contributed by atoms with Crippen molar-refractivity contribution in [2.75, 3.05) is 13.2 Å². The minimum absolute atomic E-state index is 0.264. The SMILES string of the molecule is CCCOc1ccc(C(=O)Oc2ccc(/C=N/NC(=O)c3ccc(Cl)c(Cl)c3)cc2OCC)cc1. The molecule has 1 amide bonds. The Labute approximate surface area is 213 Å². The molecule has 0 unspecified atom stereocenters. The van der Waals surface area contributed by atoms with E-state index in [-0.39, 0.29) is 10.8 Å². The van der Waals surface area contributed by atoms with E-state index in [2.05, 4.69) is 10.5 Å². The maximum Gasteiger partial charge on any atom is 0.343 e. The summed E-state index contributed by atoms with van der Waals surface area (Å²) >= 11 is 11.8. The first-order valence-electron chi connectivity index (χ1n) is 10.9. The Morgan fingerprint density at radius 3 is 2.31 bits per heavy atom. The van der Waals surface area contributed by atoms with E-state index >= 15 is 0 Å². The van der Waals surface area contributed by atoms with Gasteiger partial charge in [-0.2, -0.15) is 5.10 Å². The molecule has 0 heterocycles. The molecule has 0 saturated heterocycles. The largest absolute Gasteiger partial charge is 0.494 e. The highest BCUT2D eigenvalue weighted by Crippen LogP contribution is 2.29. The number of nitrogens with zero attached hydrogens (tertiary/aromatic N) is 1. The van der Waals surface area contributed by atoms with Gasteiger partial charge >= 0.3 is 5.97 Å². The van der Waals surface area contributed by atoms with Crippen LogP contribution in [0, 0.1) is 0 Å². The molecule has 0 aliphatic heterocycles. The first-order chi connectivity index (χ1) is 16.9. The van der Waals surface area contributed by atoms with Gasteiger partial charge in [0.15, 0.2) is 11.5 Å². The van der Waals surface area contributed by atoms with Gasteiger partial charge in [0.1, 0.15) is 5.75 Å². The van der Waals surface area contributed by atoms with E-state index in [1.54, 1.807) is 48.5 Å². The minimum Gasteiger partial charge on any atom is -0.494 e. The molecule has 3 aromatic carbocycles. The quantitative estimate of drug-likeness (QED) is 0.151. The fourth-order valence-corrected chi connectivity index (χ4v) is 3.19. The Morgan fingerprint density at radius 1 is 0.886 bits per heavy atom. The summed E-state index contributed by atoms with van der Waals surface area (Å²) in [4.78, 5) is 24.8. The van der Waals surface area contributed by atoms with Gasteiger partial charge in [0.25, 0.3) is 5.91 Å². The number of benzene rings is 3. The molecular weight excluding hydrogens is 491 g/mol. The number of amides is 1. The number of carbonyl (C=O) groups excluding carboxylic acids is 2. The predicted molar refractivity (Wildman–Crippen MR) is 136 cm³/mol. The molecule has 3 rings (SSSR count). The van der Waals surface area contributed by atoms with Gasteiger partial charge in [-0.3, -0.25) is 4.79 Å². The maximum atomic E-state index is 12.6. The van der Waals surface area contributed by atoms with Crippen LogP contribution in [0.25, 0.3) is 0 Å². The summed E-state index contributed by atoms with van der Waals surface area (Å²) in [6.07, 6.45) is 2.34. The number of ether oxygens (including phenoxy) is 3. The molecule has 0 aliphatic rings. The van der Waals surface area contributed by atoms with Gasteiger partial charge in [0, 0.05) is 5.56 Å². The third-order valence-corrected chi connectivity index (χ3v) is 5.33. The van der Waals surface area contributed by atoms with Crippen LogP contribution in [0.5, 0.6) is 17.2 Å². The number of halogens is 2. The van der Waals surface area contributed by atoms with Crippen molar-refractivity contribution in [3.63, 3.8) is 0 Å². The summed E-state index contributed by atoms with van der Waals surface area (Å²) in [6.45, 7) is 4.81. The lowest BCUT2D eigenvalue weighted by Gasteiger charge is -2.12. The third-order valence-electron chi connectivity index (χ3n) is 4.59. The highest BCUT2D eigenvalue weighted by Gasteiger charge is 2.14. The molecule has 0 saturated carbocycles. The van der Waals surface area contributed by atoms with Crippen LogP contribution >= 0.6 is 23.2 Å². The van der Waals surface area contributed by atoms with E-state index < -0.39 is 11.9 Å². The van der Waals surface area contributed by atoms with Crippen LogP contribution in [0.2, 0.25) is 10.0 Å². The molecule has 0 aromatic heterocycles. The van der Waals surface area contributed by atoms with Crippen LogP contribution in [0.3, 0.4) is 0 Å². The predicted octanol–water partition coefficient (Wildman–Crippen LogP) is 6.16. The Morgan fingerprint density at radius 2 is 1.63 bits per heavy atom. The average molecular weight is 515 g/mol. The summed E-state index contributed by atoms with van der Waals surface area (Å²) in [7, 11) is 0. The number of hydrazone groups is 1. The second-order valence-electron chi connectivity index (χ2n) is 7.23. The van der Waals surface area contributed by atoms with Crippen LogP contribution in [-0.2, 0) is 0 Å². The van der Waals surface area contributed by atoms with Crippen molar-refractivity contribution in [2.45, 2.75) is 20.3 Å². The lowest BCUT2D eigenvalue weighted by atomic mass is 10.2. The van der Waals surface area contributed by atoms with Gasteiger partial charge in [-0.1, -0.05) is 30.1 Å². The van der Waals surface area contributed by atoms with Gasteiger partial charge in [-0.25, -0.2) is 10.2 Å². The number of nitrogens with one attached hydrogen (secondary N) is 1. The number of carbonyl (C=O) groups is 2. The summed E-state index contributed by atoms with van der Waals surface area (Å²) in [6, 6.07) is 16.2. The molecule has 0 radical (unpaired) electrons. The molecule has 0 spiro atoms. The number of rotatable bonds is 10. The standard InChI is InChI=1S/C26H24Cl2N2O5/c1-3-13-34-20-9-6-18(7-10-20)26(32)35-23-12-5-17(14-24(23)33-4-2)16-29-30-25(31)19-8-11-21(27)22(28)15-19/h5-12,14-16H,3-4,13H2,1-2H3,(H,30,31)/b29-16+. The summed E-state index contributed by atoms with van der Waals surface area (Å²) in [5.41, 5.74) is 3.75. The lowest BCUT2D eigenvalue weighted by Crippen LogP contribution is -2.17. The van der Waals surface area contributed by atoms with Crippen LogP contribution < -0.4 is 19.6 Å². The third kappa shape index (κ3) is 7.47. The minimum atomic E-state index is -0.525. The molecule has 182 valence electrons. The van der Waals surface area contributed by atoms with E-state index in [1.165, 1.54) is 18.3 Å². The molecule has 1 N–H and O–H groups in total. The average Bonchev–Trinajstić information content (AvgIpc) is 2.86. The van der Waals surface area contributed by atoms with Crippen molar-refractivity contribution in [3.8, 4) is 17.2 Å². The maximum absolute atomic E-state index is 12.6.